The van der Waals surface area contributed by atoms with Gasteiger partial charge in [0.25, 0.3) is 0 Å². The van der Waals surface area contributed by atoms with E-state index in [2.05, 4.69) is 21.2 Å². The van der Waals surface area contributed by atoms with Crippen LogP contribution in [0, 0.1) is 5.82 Å². The molecular formula is C29H33BrFN3O4S. The molecule has 3 aromatic rings. The van der Waals surface area contributed by atoms with E-state index in [1.54, 1.807) is 42.5 Å². The third-order valence-electron chi connectivity index (χ3n) is 6.17. The summed E-state index contributed by atoms with van der Waals surface area (Å²) >= 11 is 3.34. The monoisotopic (exact) mass is 617 g/mol. The van der Waals surface area contributed by atoms with Gasteiger partial charge in [-0.2, -0.15) is 0 Å². The number of hydrogen-bond donors (Lipinski definition) is 1. The van der Waals surface area contributed by atoms with Crippen molar-refractivity contribution in [3.8, 4) is 0 Å². The van der Waals surface area contributed by atoms with Gasteiger partial charge in [0.05, 0.1) is 11.9 Å². The van der Waals surface area contributed by atoms with Crippen molar-refractivity contribution in [3.05, 3.63) is 100 Å². The maximum absolute atomic E-state index is 14.8. The summed E-state index contributed by atoms with van der Waals surface area (Å²) in [6.45, 7) is 1.66. The number of unbranched alkanes of at least 4 members (excludes halogenated alkanes) is 1. The molecule has 2 amide bonds. The molecule has 0 aliphatic heterocycles. The zero-order valence-electron chi connectivity index (χ0n) is 22.0. The number of anilines is 1. The SMILES string of the molecule is CCCCNC(=O)[C@@H](Cc1ccccc1)N(Cc1ccccc1F)C(=O)CN(c1cccc(Br)c1)S(C)(=O)=O. The summed E-state index contributed by atoms with van der Waals surface area (Å²) in [5.74, 6) is -1.53. The van der Waals surface area contributed by atoms with Crippen LogP contribution >= 0.6 is 15.9 Å². The van der Waals surface area contributed by atoms with Gasteiger partial charge in [0, 0.05) is 29.5 Å². The van der Waals surface area contributed by atoms with E-state index in [9.17, 15) is 22.4 Å². The quantitative estimate of drug-likeness (QED) is 0.276. The molecule has 0 heterocycles. The number of carbonyl (C=O) groups excluding carboxylic acids is 2. The van der Waals surface area contributed by atoms with Crippen LogP contribution in [0.5, 0.6) is 0 Å². The van der Waals surface area contributed by atoms with Gasteiger partial charge in [-0.1, -0.05) is 83.9 Å². The van der Waals surface area contributed by atoms with Crippen LogP contribution in [0.2, 0.25) is 0 Å². The Hall–Kier alpha value is -3.24. The lowest BCUT2D eigenvalue weighted by Crippen LogP contribution is -2.53. The van der Waals surface area contributed by atoms with E-state index in [4.69, 9.17) is 0 Å². The topological polar surface area (TPSA) is 86.8 Å². The van der Waals surface area contributed by atoms with E-state index in [0.29, 0.717) is 11.0 Å². The molecule has 10 heteroatoms. The highest BCUT2D eigenvalue weighted by Crippen LogP contribution is 2.24. The van der Waals surface area contributed by atoms with Gasteiger partial charge in [-0.3, -0.25) is 13.9 Å². The Kier molecular flexibility index (Phi) is 11.1. The lowest BCUT2D eigenvalue weighted by molar-refractivity contribution is -0.140. The minimum Gasteiger partial charge on any atom is -0.354 e. The number of sulfonamides is 1. The van der Waals surface area contributed by atoms with Crippen molar-refractivity contribution in [3.63, 3.8) is 0 Å². The van der Waals surface area contributed by atoms with Gasteiger partial charge in [0.1, 0.15) is 18.4 Å². The highest BCUT2D eigenvalue weighted by Gasteiger charge is 2.33. The number of amides is 2. The normalized spacial score (nSPS) is 12.0. The van der Waals surface area contributed by atoms with E-state index >= 15 is 0 Å². The second kappa shape index (κ2) is 14.2. The number of carbonyl (C=O) groups is 2. The van der Waals surface area contributed by atoms with Gasteiger partial charge in [0.15, 0.2) is 0 Å². The van der Waals surface area contributed by atoms with Crippen LogP contribution in [0.15, 0.2) is 83.3 Å². The van der Waals surface area contributed by atoms with Crippen molar-refractivity contribution in [2.75, 3.05) is 23.7 Å². The number of rotatable bonds is 13. The first-order chi connectivity index (χ1) is 18.6. The second-order valence-corrected chi connectivity index (χ2v) is 12.0. The van der Waals surface area contributed by atoms with E-state index in [1.165, 1.54) is 11.0 Å². The van der Waals surface area contributed by atoms with Crippen molar-refractivity contribution in [2.24, 2.45) is 0 Å². The molecule has 0 aromatic heterocycles. The number of nitrogens with zero attached hydrogens (tertiary/aromatic N) is 2. The number of benzene rings is 3. The molecule has 0 saturated heterocycles. The highest BCUT2D eigenvalue weighted by atomic mass is 79.9. The second-order valence-electron chi connectivity index (χ2n) is 9.21. The van der Waals surface area contributed by atoms with Crippen molar-refractivity contribution in [1.29, 1.82) is 0 Å². The molecule has 0 unspecified atom stereocenters. The Morgan fingerprint density at radius 2 is 1.69 bits per heavy atom. The lowest BCUT2D eigenvalue weighted by atomic mass is 10.0. The fraction of sp³-hybridized carbons (Fsp3) is 0.310. The molecule has 0 aliphatic rings. The van der Waals surface area contributed by atoms with Crippen LogP contribution in [-0.2, 0) is 32.6 Å². The van der Waals surface area contributed by atoms with E-state index < -0.39 is 34.3 Å². The third-order valence-corrected chi connectivity index (χ3v) is 7.81. The summed E-state index contributed by atoms with van der Waals surface area (Å²) in [4.78, 5) is 28.7. The Balaban J connectivity index is 2.04. The minimum atomic E-state index is -3.88. The number of hydrogen-bond acceptors (Lipinski definition) is 4. The standard InChI is InChI=1S/C29H33BrFN3O4S/c1-3-4-17-32-29(36)27(18-22-11-6-5-7-12-22)33(20-23-13-8-9-16-26(23)31)28(35)21-34(39(2,37)38)25-15-10-14-24(30)19-25/h5-16,19,27H,3-4,17-18,20-21H2,1-2H3,(H,32,36)/t27-/m1/s1. The van der Waals surface area contributed by atoms with Crippen molar-refractivity contribution in [1.82, 2.24) is 10.2 Å². The summed E-state index contributed by atoms with van der Waals surface area (Å²) in [7, 11) is -3.88. The van der Waals surface area contributed by atoms with E-state index in [0.717, 1.165) is 29.0 Å². The Morgan fingerprint density at radius 3 is 2.33 bits per heavy atom. The van der Waals surface area contributed by atoms with Gasteiger partial charge >= 0.3 is 0 Å². The zero-order chi connectivity index (χ0) is 28.4. The smallest absolute Gasteiger partial charge is 0.244 e. The number of halogens is 2. The molecule has 208 valence electrons. The fourth-order valence-corrected chi connectivity index (χ4v) is 5.34. The Morgan fingerprint density at radius 1 is 1.00 bits per heavy atom. The molecule has 7 nitrogen and oxygen atoms in total. The molecule has 3 aromatic carbocycles. The first-order valence-electron chi connectivity index (χ1n) is 12.7. The van der Waals surface area contributed by atoms with Gasteiger partial charge in [-0.15, -0.1) is 0 Å². The van der Waals surface area contributed by atoms with Gasteiger partial charge < -0.3 is 10.2 Å². The van der Waals surface area contributed by atoms with Crippen molar-refractivity contribution >= 4 is 43.5 Å². The predicted molar refractivity (Wildman–Crippen MR) is 155 cm³/mol. The Bertz CT molecular complexity index is 1370. The van der Waals surface area contributed by atoms with Gasteiger partial charge in [0.2, 0.25) is 21.8 Å². The minimum absolute atomic E-state index is 0.175. The molecule has 39 heavy (non-hydrogen) atoms. The molecule has 1 atom stereocenters. The summed E-state index contributed by atoms with van der Waals surface area (Å²) in [5, 5.41) is 2.90. The molecule has 0 fully saturated rings. The van der Waals surface area contributed by atoms with Gasteiger partial charge in [-0.05, 0) is 36.2 Å². The van der Waals surface area contributed by atoms with Gasteiger partial charge in [-0.25, -0.2) is 12.8 Å². The zero-order valence-corrected chi connectivity index (χ0v) is 24.4. The molecule has 0 spiro atoms. The summed E-state index contributed by atoms with van der Waals surface area (Å²) in [6.07, 6.45) is 2.82. The van der Waals surface area contributed by atoms with Crippen LogP contribution in [0.3, 0.4) is 0 Å². The molecular weight excluding hydrogens is 585 g/mol. The number of nitrogens with one attached hydrogen (secondary N) is 1. The molecule has 1 N–H and O–H groups in total. The molecule has 3 rings (SSSR count). The van der Waals surface area contributed by atoms with E-state index in [-0.39, 0.29) is 30.1 Å². The Labute approximate surface area is 238 Å². The van der Waals surface area contributed by atoms with Crippen molar-refractivity contribution < 1.29 is 22.4 Å². The van der Waals surface area contributed by atoms with Crippen LogP contribution in [0.25, 0.3) is 0 Å². The molecule has 0 saturated carbocycles. The largest absolute Gasteiger partial charge is 0.354 e. The maximum Gasteiger partial charge on any atom is 0.244 e. The summed E-state index contributed by atoms with van der Waals surface area (Å²) in [5.41, 5.74) is 1.32. The summed E-state index contributed by atoms with van der Waals surface area (Å²) < 4.78 is 42.0. The lowest BCUT2D eigenvalue weighted by Gasteiger charge is -2.33. The predicted octanol–water partition coefficient (Wildman–Crippen LogP) is 4.91. The fourth-order valence-electron chi connectivity index (χ4n) is 4.12. The van der Waals surface area contributed by atoms with Crippen LogP contribution in [0.4, 0.5) is 10.1 Å². The average Bonchev–Trinajstić information content (AvgIpc) is 2.90. The summed E-state index contributed by atoms with van der Waals surface area (Å²) in [6, 6.07) is 20.8. The third kappa shape index (κ3) is 8.90. The van der Waals surface area contributed by atoms with Crippen LogP contribution < -0.4 is 9.62 Å². The molecule has 0 aliphatic carbocycles. The van der Waals surface area contributed by atoms with Crippen LogP contribution in [0.1, 0.15) is 30.9 Å². The first kappa shape index (κ1) is 30.3. The maximum atomic E-state index is 14.8. The van der Waals surface area contributed by atoms with E-state index in [1.807, 2.05) is 37.3 Å². The highest BCUT2D eigenvalue weighted by molar-refractivity contribution is 9.10. The van der Waals surface area contributed by atoms with Crippen molar-refractivity contribution in [2.45, 2.75) is 38.8 Å². The molecule has 0 radical (unpaired) electrons. The average molecular weight is 619 g/mol. The first-order valence-corrected chi connectivity index (χ1v) is 15.3. The molecule has 0 bridgehead atoms. The van der Waals surface area contributed by atoms with Crippen LogP contribution in [-0.4, -0.2) is 50.5 Å².